The molecule has 2 aromatic rings. The molecule has 108 valence electrons. The zero-order valence-corrected chi connectivity index (χ0v) is 12.2. The molecule has 1 fully saturated rings. The first-order chi connectivity index (χ1) is 9.99. The standard InChI is InChI=1S/C14H13N3O3S/c1-7-15-8-3-2-4-10(21)12(8)14(20)17(7)9-5-6-11(18)16-13(9)19/h2-4,9,21H,5-6H2,1H3,(H,16,18,19). The van der Waals surface area contributed by atoms with Crippen LogP contribution in [0.5, 0.6) is 0 Å². The van der Waals surface area contributed by atoms with Crippen LogP contribution in [0.25, 0.3) is 10.9 Å². The zero-order chi connectivity index (χ0) is 15.1. The maximum atomic E-state index is 12.7. The first-order valence-electron chi connectivity index (χ1n) is 6.53. The maximum absolute atomic E-state index is 12.7. The van der Waals surface area contributed by atoms with Gasteiger partial charge in [-0.05, 0) is 25.5 Å². The van der Waals surface area contributed by atoms with Crippen LogP contribution in [0.1, 0.15) is 24.7 Å². The predicted octanol–water partition coefficient (Wildman–Crippen LogP) is 0.971. The molecule has 0 spiro atoms. The molecule has 1 aromatic carbocycles. The van der Waals surface area contributed by atoms with Crippen molar-refractivity contribution in [2.24, 2.45) is 0 Å². The van der Waals surface area contributed by atoms with Crippen molar-refractivity contribution in [2.75, 3.05) is 0 Å². The van der Waals surface area contributed by atoms with Gasteiger partial charge in [-0.2, -0.15) is 0 Å². The highest BCUT2D eigenvalue weighted by Gasteiger charge is 2.30. The molecule has 1 saturated heterocycles. The lowest BCUT2D eigenvalue weighted by molar-refractivity contribution is -0.135. The SMILES string of the molecule is Cc1nc2cccc(S)c2c(=O)n1C1CCC(=O)NC1=O. The summed E-state index contributed by atoms with van der Waals surface area (Å²) in [7, 11) is 0. The molecule has 0 aliphatic carbocycles. The molecule has 1 aliphatic heterocycles. The van der Waals surface area contributed by atoms with E-state index >= 15 is 0 Å². The summed E-state index contributed by atoms with van der Waals surface area (Å²) in [6, 6.07) is 4.50. The molecule has 1 atom stereocenters. The van der Waals surface area contributed by atoms with Gasteiger partial charge in [0.2, 0.25) is 11.8 Å². The number of nitrogens with one attached hydrogen (secondary N) is 1. The molecule has 1 aromatic heterocycles. The van der Waals surface area contributed by atoms with Crippen molar-refractivity contribution in [1.82, 2.24) is 14.9 Å². The molecule has 2 amide bonds. The van der Waals surface area contributed by atoms with Gasteiger partial charge in [-0.3, -0.25) is 24.3 Å². The Hall–Kier alpha value is -2.15. The fraction of sp³-hybridized carbons (Fsp3) is 0.286. The van der Waals surface area contributed by atoms with Crippen LogP contribution >= 0.6 is 12.6 Å². The van der Waals surface area contributed by atoms with Crippen molar-refractivity contribution in [3.8, 4) is 0 Å². The first-order valence-corrected chi connectivity index (χ1v) is 6.98. The zero-order valence-electron chi connectivity index (χ0n) is 11.3. The van der Waals surface area contributed by atoms with Gasteiger partial charge in [0.1, 0.15) is 11.9 Å². The summed E-state index contributed by atoms with van der Waals surface area (Å²) in [5.41, 5.74) is 0.242. The number of nitrogens with zero attached hydrogens (tertiary/aromatic N) is 2. The van der Waals surface area contributed by atoms with Gasteiger partial charge in [0.15, 0.2) is 0 Å². The second kappa shape index (κ2) is 5.00. The molecule has 0 bridgehead atoms. The Balaban J connectivity index is 2.24. The minimum absolute atomic E-state index is 0.211. The van der Waals surface area contributed by atoms with E-state index in [1.807, 2.05) is 0 Å². The molecule has 1 N–H and O–H groups in total. The second-order valence-corrected chi connectivity index (χ2v) is 5.45. The van der Waals surface area contributed by atoms with Crippen LogP contribution < -0.4 is 10.9 Å². The molecule has 2 heterocycles. The van der Waals surface area contributed by atoms with Gasteiger partial charge in [0.25, 0.3) is 5.56 Å². The van der Waals surface area contributed by atoms with Gasteiger partial charge in [-0.25, -0.2) is 4.98 Å². The van der Waals surface area contributed by atoms with Crippen LogP contribution in [0.4, 0.5) is 0 Å². The molecule has 0 saturated carbocycles. The number of rotatable bonds is 1. The number of hydrogen-bond acceptors (Lipinski definition) is 5. The van der Waals surface area contributed by atoms with Gasteiger partial charge in [-0.15, -0.1) is 12.6 Å². The number of piperidine rings is 1. The molecule has 6 nitrogen and oxygen atoms in total. The number of aryl methyl sites for hydroxylation is 1. The number of thiol groups is 1. The summed E-state index contributed by atoms with van der Waals surface area (Å²) in [6.45, 7) is 1.68. The van der Waals surface area contributed by atoms with Gasteiger partial charge >= 0.3 is 0 Å². The lowest BCUT2D eigenvalue weighted by atomic mass is 10.1. The van der Waals surface area contributed by atoms with Crippen LogP contribution in [-0.2, 0) is 9.59 Å². The highest BCUT2D eigenvalue weighted by atomic mass is 32.1. The number of carbonyl (C=O) groups excluding carboxylic acids is 2. The Morgan fingerprint density at radius 3 is 2.81 bits per heavy atom. The van der Waals surface area contributed by atoms with Gasteiger partial charge in [-0.1, -0.05) is 6.07 Å². The number of aromatic nitrogens is 2. The summed E-state index contributed by atoms with van der Waals surface area (Å²) in [4.78, 5) is 40.8. The Morgan fingerprint density at radius 2 is 2.10 bits per heavy atom. The molecule has 0 radical (unpaired) electrons. The lowest BCUT2D eigenvalue weighted by Gasteiger charge is -2.24. The fourth-order valence-corrected chi connectivity index (χ4v) is 2.93. The first kappa shape index (κ1) is 13.8. The molecular formula is C14H13N3O3S. The van der Waals surface area contributed by atoms with E-state index in [1.54, 1.807) is 25.1 Å². The monoisotopic (exact) mass is 303 g/mol. The summed E-state index contributed by atoms with van der Waals surface area (Å²) in [5, 5.41) is 2.65. The van der Waals surface area contributed by atoms with E-state index in [9.17, 15) is 14.4 Å². The summed E-state index contributed by atoms with van der Waals surface area (Å²) in [5.74, 6) is -0.333. The minimum atomic E-state index is -0.708. The molecule has 21 heavy (non-hydrogen) atoms. The topological polar surface area (TPSA) is 81.1 Å². The Bertz CT molecular complexity index is 828. The molecule has 1 unspecified atom stereocenters. The highest BCUT2D eigenvalue weighted by Crippen LogP contribution is 2.22. The summed E-state index contributed by atoms with van der Waals surface area (Å²) >= 11 is 4.29. The maximum Gasteiger partial charge on any atom is 0.263 e. The second-order valence-electron chi connectivity index (χ2n) is 4.97. The van der Waals surface area contributed by atoms with E-state index in [-0.39, 0.29) is 17.9 Å². The van der Waals surface area contributed by atoms with Gasteiger partial charge in [0.05, 0.1) is 10.9 Å². The van der Waals surface area contributed by atoms with Gasteiger partial charge in [0, 0.05) is 11.3 Å². The van der Waals surface area contributed by atoms with Crippen molar-refractivity contribution in [3.05, 3.63) is 34.4 Å². The third-order valence-electron chi connectivity index (χ3n) is 3.61. The molecular weight excluding hydrogens is 290 g/mol. The number of hydrogen-bond donors (Lipinski definition) is 2. The van der Waals surface area contributed by atoms with Gasteiger partial charge < -0.3 is 0 Å². The molecule has 7 heteroatoms. The molecule has 3 rings (SSSR count). The number of imide groups is 1. The average molecular weight is 303 g/mol. The Morgan fingerprint density at radius 1 is 1.33 bits per heavy atom. The van der Waals surface area contributed by atoms with Crippen LogP contribution in [0.15, 0.2) is 27.9 Å². The Kier molecular flexibility index (Phi) is 3.29. The van der Waals surface area contributed by atoms with Crippen molar-refractivity contribution < 1.29 is 9.59 Å². The largest absolute Gasteiger partial charge is 0.295 e. The predicted molar refractivity (Wildman–Crippen MR) is 79.4 cm³/mol. The van der Waals surface area contributed by atoms with Crippen LogP contribution in [0, 0.1) is 6.92 Å². The fourth-order valence-electron chi connectivity index (χ4n) is 2.63. The quantitative estimate of drug-likeness (QED) is 0.607. The van der Waals surface area contributed by atoms with E-state index in [1.165, 1.54) is 4.57 Å². The van der Waals surface area contributed by atoms with Crippen molar-refractivity contribution >= 4 is 35.3 Å². The van der Waals surface area contributed by atoms with E-state index in [0.29, 0.717) is 28.0 Å². The summed E-state index contributed by atoms with van der Waals surface area (Å²) in [6.07, 6.45) is 0.510. The average Bonchev–Trinajstić information content (AvgIpc) is 2.40. The van der Waals surface area contributed by atoms with E-state index in [0.717, 1.165) is 0 Å². The summed E-state index contributed by atoms with van der Waals surface area (Å²) < 4.78 is 1.35. The normalized spacial score (nSPS) is 18.9. The van der Waals surface area contributed by atoms with E-state index in [4.69, 9.17) is 0 Å². The highest BCUT2D eigenvalue weighted by molar-refractivity contribution is 7.80. The third kappa shape index (κ3) is 2.23. The van der Waals surface area contributed by atoms with Crippen molar-refractivity contribution in [2.45, 2.75) is 30.7 Å². The van der Waals surface area contributed by atoms with E-state index < -0.39 is 11.9 Å². The third-order valence-corrected chi connectivity index (χ3v) is 3.98. The van der Waals surface area contributed by atoms with Crippen molar-refractivity contribution in [3.63, 3.8) is 0 Å². The van der Waals surface area contributed by atoms with Crippen LogP contribution in [0.3, 0.4) is 0 Å². The number of amides is 2. The molecule has 1 aliphatic rings. The smallest absolute Gasteiger partial charge is 0.263 e. The number of carbonyl (C=O) groups is 2. The minimum Gasteiger partial charge on any atom is -0.295 e. The number of fused-ring (bicyclic) bond motifs is 1. The van der Waals surface area contributed by atoms with E-state index in [2.05, 4.69) is 22.9 Å². The number of benzene rings is 1. The van der Waals surface area contributed by atoms with Crippen LogP contribution in [-0.4, -0.2) is 21.4 Å². The van der Waals surface area contributed by atoms with Crippen molar-refractivity contribution in [1.29, 1.82) is 0 Å². The Labute approximate surface area is 125 Å². The lowest BCUT2D eigenvalue weighted by Crippen LogP contribution is -2.45. The van der Waals surface area contributed by atoms with Crippen LogP contribution in [0.2, 0.25) is 0 Å².